The third-order valence-corrected chi connectivity index (χ3v) is 4.39. The number of hydrogen-bond donors (Lipinski definition) is 1. The molecule has 0 spiro atoms. The molecule has 0 saturated heterocycles. The van der Waals surface area contributed by atoms with Crippen LogP contribution in [0.4, 0.5) is 11.4 Å². The molecule has 2 aromatic rings. The number of nitrogen functional groups attached to an aromatic ring is 1. The van der Waals surface area contributed by atoms with E-state index in [1.165, 1.54) is 36.7 Å². The number of benzene rings is 1. The highest BCUT2D eigenvalue weighted by Gasteiger charge is 2.22. The summed E-state index contributed by atoms with van der Waals surface area (Å²) in [5.74, 6) is 0. The fourth-order valence-corrected chi connectivity index (χ4v) is 3.45. The summed E-state index contributed by atoms with van der Waals surface area (Å²) in [6, 6.07) is 4.82. The molecule has 9 heteroatoms. The Hall–Kier alpha value is -2.16. The number of tetrazole rings is 1. The maximum absolute atomic E-state index is 10.9. The summed E-state index contributed by atoms with van der Waals surface area (Å²) < 4.78 is 1.81. The van der Waals surface area contributed by atoms with Crippen LogP contribution < -0.4 is 5.73 Å². The van der Waals surface area contributed by atoms with Gasteiger partial charge in [0.25, 0.3) is 5.69 Å². The second-order valence-electron chi connectivity index (χ2n) is 4.96. The van der Waals surface area contributed by atoms with Crippen LogP contribution in [0.15, 0.2) is 28.3 Å². The molecule has 0 unspecified atom stereocenters. The Morgan fingerprint density at radius 2 is 2.10 bits per heavy atom. The van der Waals surface area contributed by atoms with Crippen molar-refractivity contribution < 1.29 is 4.92 Å². The van der Waals surface area contributed by atoms with Gasteiger partial charge in [-0.3, -0.25) is 10.1 Å². The maximum Gasteiger partial charge on any atom is 0.272 e. The number of non-ortho nitro benzene ring substituents is 1. The van der Waals surface area contributed by atoms with Gasteiger partial charge in [0.05, 0.1) is 11.0 Å². The van der Waals surface area contributed by atoms with Crippen LogP contribution in [-0.2, 0) is 0 Å². The summed E-state index contributed by atoms with van der Waals surface area (Å²) in [5.41, 5.74) is 6.03. The van der Waals surface area contributed by atoms with Crippen LogP contribution in [0.5, 0.6) is 0 Å². The molecule has 3 rings (SSSR count). The molecule has 0 bridgehead atoms. The first-order chi connectivity index (χ1) is 10.1. The van der Waals surface area contributed by atoms with Crippen molar-refractivity contribution in [2.45, 2.75) is 41.8 Å². The first kappa shape index (κ1) is 13.8. The number of anilines is 1. The molecule has 1 aliphatic rings. The molecule has 8 nitrogen and oxygen atoms in total. The number of nitro groups is 1. The topological polar surface area (TPSA) is 113 Å². The predicted molar refractivity (Wildman–Crippen MR) is 77.0 cm³/mol. The van der Waals surface area contributed by atoms with E-state index in [0.29, 0.717) is 21.8 Å². The van der Waals surface area contributed by atoms with Gasteiger partial charge in [0.1, 0.15) is 0 Å². The zero-order valence-electron chi connectivity index (χ0n) is 11.2. The SMILES string of the molecule is Nc1cc(Sc2nnnn2C2CCCC2)cc([N+](=O)[O-])c1. The van der Waals surface area contributed by atoms with Crippen molar-refractivity contribution in [2.75, 3.05) is 5.73 Å². The molecule has 1 fully saturated rings. The second-order valence-corrected chi connectivity index (χ2v) is 6.00. The summed E-state index contributed by atoms with van der Waals surface area (Å²) in [7, 11) is 0. The largest absolute Gasteiger partial charge is 0.398 e. The predicted octanol–water partition coefficient (Wildman–Crippen LogP) is 2.43. The fraction of sp³-hybridized carbons (Fsp3) is 0.417. The lowest BCUT2D eigenvalue weighted by Crippen LogP contribution is -2.08. The molecule has 0 amide bonds. The van der Waals surface area contributed by atoms with Crippen LogP contribution in [0.3, 0.4) is 0 Å². The molecule has 0 radical (unpaired) electrons. The standard InChI is InChI=1S/C12H14N6O2S/c13-8-5-10(18(19)20)7-11(6-8)21-12-14-15-16-17(12)9-3-1-2-4-9/h5-7,9H,1-4,13H2. The first-order valence-corrected chi connectivity index (χ1v) is 7.46. The Balaban J connectivity index is 1.87. The minimum Gasteiger partial charge on any atom is -0.398 e. The van der Waals surface area contributed by atoms with E-state index < -0.39 is 4.92 Å². The monoisotopic (exact) mass is 306 g/mol. The zero-order chi connectivity index (χ0) is 14.8. The van der Waals surface area contributed by atoms with Crippen molar-refractivity contribution in [2.24, 2.45) is 0 Å². The first-order valence-electron chi connectivity index (χ1n) is 6.64. The Morgan fingerprint density at radius 1 is 1.33 bits per heavy atom. The molecule has 0 atom stereocenters. The average Bonchev–Trinajstić information content (AvgIpc) is 3.08. The Labute approximate surface area is 124 Å². The minimum atomic E-state index is -0.458. The highest BCUT2D eigenvalue weighted by atomic mass is 32.2. The highest BCUT2D eigenvalue weighted by Crippen LogP contribution is 2.35. The lowest BCUT2D eigenvalue weighted by Gasteiger charge is -2.10. The fourth-order valence-electron chi connectivity index (χ4n) is 2.51. The van der Waals surface area contributed by atoms with Gasteiger partial charge in [-0.15, -0.1) is 5.10 Å². The number of nitro benzene ring substituents is 1. The Bertz CT molecular complexity index is 668. The van der Waals surface area contributed by atoms with Crippen LogP contribution in [0.2, 0.25) is 0 Å². The average molecular weight is 306 g/mol. The summed E-state index contributed by atoms with van der Waals surface area (Å²) in [4.78, 5) is 11.1. The third kappa shape index (κ3) is 2.97. The zero-order valence-corrected chi connectivity index (χ0v) is 12.0. The molecular weight excluding hydrogens is 292 g/mol. The maximum atomic E-state index is 10.9. The van der Waals surface area contributed by atoms with E-state index in [0.717, 1.165) is 12.8 Å². The van der Waals surface area contributed by atoms with Gasteiger partial charge in [0.15, 0.2) is 0 Å². The Morgan fingerprint density at radius 3 is 2.81 bits per heavy atom. The normalized spacial score (nSPS) is 15.4. The van der Waals surface area contributed by atoms with Gasteiger partial charge < -0.3 is 5.73 Å². The van der Waals surface area contributed by atoms with Crippen LogP contribution in [0, 0.1) is 10.1 Å². The van der Waals surface area contributed by atoms with Crippen LogP contribution >= 0.6 is 11.8 Å². The van der Waals surface area contributed by atoms with Crippen molar-refractivity contribution in [1.82, 2.24) is 20.2 Å². The molecule has 1 aromatic carbocycles. The molecule has 2 N–H and O–H groups in total. The van der Waals surface area contributed by atoms with Gasteiger partial charge in [-0.05, 0) is 41.1 Å². The number of nitrogens with two attached hydrogens (primary N) is 1. The summed E-state index contributed by atoms with van der Waals surface area (Å²) >= 11 is 1.30. The van der Waals surface area contributed by atoms with Gasteiger partial charge in [-0.2, -0.15) is 0 Å². The van der Waals surface area contributed by atoms with E-state index >= 15 is 0 Å². The smallest absolute Gasteiger partial charge is 0.272 e. The van der Waals surface area contributed by atoms with E-state index in [2.05, 4.69) is 15.5 Å². The van der Waals surface area contributed by atoms with Gasteiger partial charge >= 0.3 is 0 Å². The molecule has 110 valence electrons. The van der Waals surface area contributed by atoms with Crippen LogP contribution in [0.25, 0.3) is 0 Å². The van der Waals surface area contributed by atoms with Crippen molar-refractivity contribution in [3.05, 3.63) is 28.3 Å². The van der Waals surface area contributed by atoms with Crippen molar-refractivity contribution in [3.63, 3.8) is 0 Å². The second kappa shape index (κ2) is 5.68. The highest BCUT2D eigenvalue weighted by molar-refractivity contribution is 7.99. The third-order valence-electron chi connectivity index (χ3n) is 3.47. The quantitative estimate of drug-likeness (QED) is 0.524. The molecule has 1 heterocycles. The Kier molecular flexibility index (Phi) is 3.74. The molecule has 21 heavy (non-hydrogen) atoms. The summed E-state index contributed by atoms with van der Waals surface area (Å²) in [6.07, 6.45) is 4.49. The number of hydrogen-bond acceptors (Lipinski definition) is 7. The van der Waals surface area contributed by atoms with E-state index in [9.17, 15) is 10.1 Å². The molecular formula is C12H14N6O2S. The molecule has 1 aliphatic carbocycles. The van der Waals surface area contributed by atoms with E-state index in [-0.39, 0.29) is 5.69 Å². The number of nitrogens with zero attached hydrogens (tertiary/aromatic N) is 5. The van der Waals surface area contributed by atoms with Crippen LogP contribution in [-0.4, -0.2) is 25.1 Å². The number of rotatable bonds is 4. The lowest BCUT2D eigenvalue weighted by molar-refractivity contribution is -0.385. The van der Waals surface area contributed by atoms with E-state index in [4.69, 9.17) is 5.73 Å². The van der Waals surface area contributed by atoms with Crippen molar-refractivity contribution >= 4 is 23.1 Å². The molecule has 0 aliphatic heterocycles. The summed E-state index contributed by atoms with van der Waals surface area (Å²) in [6.45, 7) is 0. The lowest BCUT2D eigenvalue weighted by atomic mass is 10.3. The van der Waals surface area contributed by atoms with E-state index in [1.807, 2.05) is 4.68 Å². The van der Waals surface area contributed by atoms with Gasteiger partial charge in [0.2, 0.25) is 5.16 Å². The van der Waals surface area contributed by atoms with Crippen molar-refractivity contribution in [1.29, 1.82) is 0 Å². The van der Waals surface area contributed by atoms with E-state index in [1.54, 1.807) is 6.07 Å². The van der Waals surface area contributed by atoms with Gasteiger partial charge in [-0.1, -0.05) is 12.8 Å². The molecule has 1 saturated carbocycles. The van der Waals surface area contributed by atoms with Crippen molar-refractivity contribution in [3.8, 4) is 0 Å². The van der Waals surface area contributed by atoms with Crippen LogP contribution in [0.1, 0.15) is 31.7 Å². The minimum absolute atomic E-state index is 0.0302. The van der Waals surface area contributed by atoms with Gasteiger partial charge in [-0.25, -0.2) is 4.68 Å². The molecule has 1 aromatic heterocycles. The summed E-state index contributed by atoms with van der Waals surface area (Å²) in [5, 5.41) is 23.3. The van der Waals surface area contributed by atoms with Gasteiger partial charge in [0, 0.05) is 22.7 Å². The number of aromatic nitrogens is 4.